The molecule has 1 aromatic heterocycles. The molecule has 20 heavy (non-hydrogen) atoms. The summed E-state index contributed by atoms with van der Waals surface area (Å²) in [5, 5.41) is 5.14. The topological polar surface area (TPSA) is 27.8 Å². The van der Waals surface area contributed by atoms with E-state index >= 15 is 0 Å². The Labute approximate surface area is 127 Å². The van der Waals surface area contributed by atoms with Crippen LogP contribution in [-0.2, 0) is 6.54 Å². The first-order valence-electron chi connectivity index (χ1n) is 6.45. The number of hydrogen-bond acceptors (Lipinski definition) is 2. The van der Waals surface area contributed by atoms with Crippen LogP contribution in [-0.4, -0.2) is 12.0 Å². The van der Waals surface area contributed by atoms with Crippen molar-refractivity contribution < 1.29 is 0 Å². The molecule has 0 unspecified atom stereocenters. The summed E-state index contributed by atoms with van der Waals surface area (Å²) in [5.41, 5.74) is 2.30. The molecule has 2 nitrogen and oxygen atoms in total. The highest BCUT2D eigenvalue weighted by Gasteiger charge is 2.09. The second-order valence-electron chi connectivity index (χ2n) is 4.56. The maximum Gasteiger partial charge on any atom is 0.0655 e. The lowest BCUT2D eigenvalue weighted by Crippen LogP contribution is -2.05. The molecule has 0 fully saturated rings. The van der Waals surface area contributed by atoms with Crippen molar-refractivity contribution in [3.05, 3.63) is 59.2 Å². The van der Waals surface area contributed by atoms with Gasteiger partial charge in [0.15, 0.2) is 0 Å². The van der Waals surface area contributed by atoms with Gasteiger partial charge in [0.25, 0.3) is 0 Å². The van der Waals surface area contributed by atoms with E-state index in [0.29, 0.717) is 0 Å². The van der Waals surface area contributed by atoms with Gasteiger partial charge in [-0.3, -0.25) is 0 Å². The van der Waals surface area contributed by atoms with Gasteiger partial charge >= 0.3 is 0 Å². The van der Waals surface area contributed by atoms with Crippen LogP contribution in [0.4, 0.5) is 0 Å². The summed E-state index contributed by atoms with van der Waals surface area (Å²) in [5.74, 6) is 0. The fourth-order valence-electron chi connectivity index (χ4n) is 2.23. The number of rotatable bonds is 4. The van der Waals surface area contributed by atoms with Gasteiger partial charge in [0.2, 0.25) is 0 Å². The summed E-state index contributed by atoms with van der Waals surface area (Å²) in [6.07, 6.45) is 2.03. The number of para-hydroxylation sites is 1. The highest BCUT2D eigenvalue weighted by Crippen LogP contribution is 2.37. The van der Waals surface area contributed by atoms with Gasteiger partial charge in [-0.25, -0.2) is 0 Å². The lowest BCUT2D eigenvalue weighted by Gasteiger charge is -2.07. The minimum absolute atomic E-state index is 0.762. The molecule has 0 bridgehead atoms. The van der Waals surface area contributed by atoms with Gasteiger partial charge in [0.1, 0.15) is 0 Å². The molecule has 0 aliphatic heterocycles. The predicted molar refractivity (Wildman–Crippen MR) is 86.6 cm³/mol. The molecule has 0 amide bonds. The summed E-state index contributed by atoms with van der Waals surface area (Å²) in [6.45, 7) is 0.867. The smallest absolute Gasteiger partial charge is 0.0655 e. The zero-order valence-electron chi connectivity index (χ0n) is 11.1. The minimum atomic E-state index is 0.762. The van der Waals surface area contributed by atoms with E-state index in [-0.39, 0.29) is 0 Å². The second kappa shape index (κ2) is 5.92. The maximum atomic E-state index is 6.20. The Morgan fingerprint density at radius 3 is 2.80 bits per heavy atom. The number of hydrogen-bond donors (Lipinski definition) is 2. The lowest BCUT2D eigenvalue weighted by atomic mass is 10.2. The van der Waals surface area contributed by atoms with Crippen molar-refractivity contribution in [3.8, 4) is 0 Å². The molecule has 0 aliphatic carbocycles. The number of halogens is 1. The maximum absolute atomic E-state index is 6.20. The highest BCUT2D eigenvalue weighted by molar-refractivity contribution is 7.99. The van der Waals surface area contributed by atoms with E-state index < -0.39 is 0 Å². The lowest BCUT2D eigenvalue weighted by molar-refractivity contribution is 0.803. The molecule has 3 rings (SSSR count). The third-order valence-electron chi connectivity index (χ3n) is 3.19. The van der Waals surface area contributed by atoms with Crippen LogP contribution in [0.15, 0.2) is 58.5 Å². The van der Waals surface area contributed by atoms with Crippen LogP contribution in [0.3, 0.4) is 0 Å². The molecule has 0 spiro atoms. The van der Waals surface area contributed by atoms with Crippen LogP contribution in [0.2, 0.25) is 5.02 Å². The fourth-order valence-corrected chi connectivity index (χ4v) is 3.52. The van der Waals surface area contributed by atoms with Crippen molar-refractivity contribution in [1.29, 1.82) is 0 Å². The van der Waals surface area contributed by atoms with E-state index in [1.165, 1.54) is 20.7 Å². The van der Waals surface area contributed by atoms with Gasteiger partial charge in [-0.1, -0.05) is 53.7 Å². The van der Waals surface area contributed by atoms with Crippen LogP contribution < -0.4 is 5.32 Å². The van der Waals surface area contributed by atoms with Gasteiger partial charge in [-0.15, -0.1) is 0 Å². The number of aromatic amines is 1. The van der Waals surface area contributed by atoms with E-state index in [9.17, 15) is 0 Å². The van der Waals surface area contributed by atoms with Crippen molar-refractivity contribution >= 4 is 34.3 Å². The average molecular weight is 303 g/mol. The van der Waals surface area contributed by atoms with Crippen molar-refractivity contribution in [2.45, 2.75) is 16.3 Å². The standard InChI is InChI=1S/C16H15ClN2S/c1-18-9-11-5-2-3-8-14(11)20-15-10-19-16-12(15)6-4-7-13(16)17/h2-8,10,18-19H,9H2,1H3. The summed E-state index contributed by atoms with van der Waals surface area (Å²) in [4.78, 5) is 5.73. The normalized spacial score (nSPS) is 11.1. The summed E-state index contributed by atoms with van der Waals surface area (Å²) < 4.78 is 0. The molecule has 0 aliphatic rings. The van der Waals surface area contributed by atoms with Gasteiger partial charge in [-0.2, -0.15) is 0 Å². The second-order valence-corrected chi connectivity index (χ2v) is 6.05. The molecule has 0 saturated heterocycles. The Hall–Kier alpha value is -1.42. The van der Waals surface area contributed by atoms with Crippen LogP contribution >= 0.6 is 23.4 Å². The Morgan fingerprint density at radius 1 is 1.10 bits per heavy atom. The number of benzene rings is 2. The van der Waals surface area contributed by atoms with E-state index in [1.807, 2.05) is 25.4 Å². The van der Waals surface area contributed by atoms with Gasteiger partial charge in [0, 0.05) is 27.9 Å². The highest BCUT2D eigenvalue weighted by atomic mass is 35.5. The molecule has 4 heteroatoms. The molecule has 3 aromatic rings. The Morgan fingerprint density at radius 2 is 1.95 bits per heavy atom. The first-order valence-corrected chi connectivity index (χ1v) is 7.65. The average Bonchev–Trinajstić information content (AvgIpc) is 2.86. The monoisotopic (exact) mass is 302 g/mol. The number of aromatic nitrogens is 1. The summed E-state index contributed by atoms with van der Waals surface area (Å²) in [6, 6.07) is 14.4. The predicted octanol–water partition coefficient (Wildman–Crippen LogP) is 4.69. The molecule has 0 atom stereocenters. The zero-order chi connectivity index (χ0) is 13.9. The van der Waals surface area contributed by atoms with Gasteiger partial charge in [-0.05, 0) is 24.7 Å². The van der Waals surface area contributed by atoms with Crippen LogP contribution in [0, 0.1) is 0 Å². The van der Waals surface area contributed by atoms with E-state index in [1.54, 1.807) is 11.8 Å². The molecule has 0 saturated carbocycles. The van der Waals surface area contributed by atoms with Gasteiger partial charge < -0.3 is 10.3 Å². The van der Waals surface area contributed by atoms with Crippen molar-refractivity contribution in [2.75, 3.05) is 7.05 Å². The summed E-state index contributed by atoms with van der Waals surface area (Å²) in [7, 11) is 1.97. The Bertz CT molecular complexity index is 736. The van der Waals surface area contributed by atoms with E-state index in [4.69, 9.17) is 11.6 Å². The molecular formula is C16H15ClN2S. The quantitative estimate of drug-likeness (QED) is 0.731. The zero-order valence-corrected chi connectivity index (χ0v) is 12.7. The fraction of sp³-hybridized carbons (Fsp3) is 0.125. The third kappa shape index (κ3) is 2.57. The number of H-pyrrole nitrogens is 1. The summed E-state index contributed by atoms with van der Waals surface area (Å²) >= 11 is 7.97. The van der Waals surface area contributed by atoms with Crippen LogP contribution in [0.1, 0.15) is 5.56 Å². The van der Waals surface area contributed by atoms with E-state index in [2.05, 4.69) is 40.6 Å². The van der Waals surface area contributed by atoms with Crippen molar-refractivity contribution in [1.82, 2.24) is 10.3 Å². The third-order valence-corrected chi connectivity index (χ3v) is 4.68. The molecule has 1 heterocycles. The SMILES string of the molecule is CNCc1ccccc1Sc1c[nH]c2c(Cl)cccc12. The number of fused-ring (bicyclic) bond motifs is 1. The number of nitrogens with one attached hydrogen (secondary N) is 2. The Kier molecular flexibility index (Phi) is 4.01. The first-order chi connectivity index (χ1) is 9.79. The largest absolute Gasteiger partial charge is 0.359 e. The van der Waals surface area contributed by atoms with Crippen LogP contribution in [0.25, 0.3) is 10.9 Å². The van der Waals surface area contributed by atoms with Crippen LogP contribution in [0.5, 0.6) is 0 Å². The molecule has 0 radical (unpaired) electrons. The minimum Gasteiger partial charge on any atom is -0.359 e. The molecule has 2 N–H and O–H groups in total. The van der Waals surface area contributed by atoms with Gasteiger partial charge in [0.05, 0.1) is 10.5 Å². The molecule has 102 valence electrons. The Balaban J connectivity index is 2.00. The van der Waals surface area contributed by atoms with Crippen molar-refractivity contribution in [3.63, 3.8) is 0 Å². The van der Waals surface area contributed by atoms with Crippen molar-refractivity contribution in [2.24, 2.45) is 0 Å². The molecule has 2 aromatic carbocycles. The molecular weight excluding hydrogens is 288 g/mol. The first kappa shape index (κ1) is 13.6. The van der Waals surface area contributed by atoms with E-state index in [0.717, 1.165) is 17.1 Å².